The van der Waals surface area contributed by atoms with Gasteiger partial charge >= 0.3 is 0 Å². The van der Waals surface area contributed by atoms with Crippen LogP contribution in [0.4, 0.5) is 4.39 Å². The van der Waals surface area contributed by atoms with Gasteiger partial charge in [0, 0.05) is 25.0 Å². The van der Waals surface area contributed by atoms with Gasteiger partial charge in [-0.3, -0.25) is 4.79 Å². The van der Waals surface area contributed by atoms with Crippen molar-refractivity contribution in [1.29, 1.82) is 0 Å². The van der Waals surface area contributed by atoms with Gasteiger partial charge in [-0.1, -0.05) is 13.8 Å². The second kappa shape index (κ2) is 6.00. The van der Waals surface area contributed by atoms with E-state index >= 15 is 0 Å². The molecule has 1 saturated heterocycles. The Hall–Kier alpha value is -1.51. The number of amides is 1. The van der Waals surface area contributed by atoms with Crippen LogP contribution >= 0.6 is 0 Å². The molecule has 1 aromatic carbocycles. The van der Waals surface area contributed by atoms with E-state index in [0.29, 0.717) is 19.0 Å². The van der Waals surface area contributed by atoms with E-state index in [1.54, 1.807) is 4.90 Å². The first-order valence-electron chi connectivity index (χ1n) is 8.62. The molecule has 6 nitrogen and oxygen atoms in total. The summed E-state index contributed by atoms with van der Waals surface area (Å²) in [7, 11) is 0.0226. The molecule has 1 amide bonds. The van der Waals surface area contributed by atoms with E-state index in [9.17, 15) is 17.6 Å². The van der Waals surface area contributed by atoms with Crippen LogP contribution in [0.15, 0.2) is 23.1 Å². The number of nitrogens with zero attached hydrogens (tertiary/aromatic N) is 2. The number of hydrogen-bond acceptors (Lipinski definition) is 4. The maximum atomic E-state index is 14.2. The van der Waals surface area contributed by atoms with Crippen LogP contribution in [-0.4, -0.2) is 57.9 Å². The van der Waals surface area contributed by atoms with E-state index < -0.39 is 21.7 Å². The molecule has 144 valence electrons. The van der Waals surface area contributed by atoms with E-state index in [1.807, 2.05) is 14.1 Å². The number of hydrogen-bond donors (Lipinski definition) is 1. The number of halogens is 1. The minimum absolute atomic E-state index is 0.0106. The zero-order valence-corrected chi connectivity index (χ0v) is 16.4. The van der Waals surface area contributed by atoms with Crippen molar-refractivity contribution in [2.75, 3.05) is 33.7 Å². The van der Waals surface area contributed by atoms with Crippen LogP contribution in [0.3, 0.4) is 0 Å². The molecule has 1 heterocycles. The highest BCUT2D eigenvalue weighted by molar-refractivity contribution is 7.89. The van der Waals surface area contributed by atoms with Gasteiger partial charge in [-0.2, -0.15) is 0 Å². The van der Waals surface area contributed by atoms with Gasteiger partial charge in [0.1, 0.15) is 5.82 Å². The minimum atomic E-state index is -4.00. The van der Waals surface area contributed by atoms with Crippen molar-refractivity contribution in [3.05, 3.63) is 29.6 Å². The summed E-state index contributed by atoms with van der Waals surface area (Å²) < 4.78 is 37.3. The molecule has 8 heteroatoms. The van der Waals surface area contributed by atoms with Gasteiger partial charge in [0.2, 0.25) is 10.0 Å². The zero-order chi connectivity index (χ0) is 19.5. The number of fused-ring (bicyclic) bond motifs is 1. The van der Waals surface area contributed by atoms with Gasteiger partial charge < -0.3 is 9.80 Å². The molecule has 26 heavy (non-hydrogen) atoms. The highest BCUT2D eigenvalue weighted by atomic mass is 32.2. The first-order valence-corrected chi connectivity index (χ1v) is 10.2. The second-order valence-corrected chi connectivity index (χ2v) is 10.3. The number of nitrogens with two attached hydrogens (primary N) is 1. The van der Waals surface area contributed by atoms with Crippen molar-refractivity contribution in [2.45, 2.75) is 25.2 Å². The Bertz CT molecular complexity index is 849. The van der Waals surface area contributed by atoms with Crippen LogP contribution in [0.2, 0.25) is 0 Å². The summed E-state index contributed by atoms with van der Waals surface area (Å²) in [6, 6.07) is 3.10. The number of carbonyl (C=O) groups excluding carboxylic acids is 1. The largest absolute Gasteiger partial charge is 0.338 e. The van der Waals surface area contributed by atoms with E-state index in [4.69, 9.17) is 5.14 Å². The SMILES string of the molecule is CN(C)C[C@@]12CN(C(=O)c3cc(S(N)(=O)=O)ccc3F)C[C@@H]1C(C)(C)C2. The summed E-state index contributed by atoms with van der Waals surface area (Å²) in [4.78, 5) is 16.5. The second-order valence-electron chi connectivity index (χ2n) is 8.69. The number of primary sulfonamides is 1. The normalized spacial score (nSPS) is 27.3. The molecule has 0 aromatic heterocycles. The number of benzene rings is 1. The number of likely N-dealkylation sites (tertiary alicyclic amines) is 1. The Balaban J connectivity index is 1.90. The van der Waals surface area contributed by atoms with Gasteiger partial charge in [0.25, 0.3) is 5.91 Å². The minimum Gasteiger partial charge on any atom is -0.338 e. The quantitative estimate of drug-likeness (QED) is 0.855. The average Bonchev–Trinajstić information content (AvgIpc) is 2.79. The molecule has 0 radical (unpaired) electrons. The van der Waals surface area contributed by atoms with Gasteiger partial charge in [-0.25, -0.2) is 17.9 Å². The molecule has 2 fully saturated rings. The summed E-state index contributed by atoms with van der Waals surface area (Å²) in [5, 5.41) is 5.11. The third-order valence-corrected chi connectivity index (χ3v) is 6.73. The smallest absolute Gasteiger partial charge is 0.256 e. The predicted molar refractivity (Wildman–Crippen MR) is 96.6 cm³/mol. The lowest BCUT2D eigenvalue weighted by Gasteiger charge is -2.57. The van der Waals surface area contributed by atoms with Crippen molar-refractivity contribution in [3.63, 3.8) is 0 Å². The number of rotatable bonds is 4. The molecule has 1 aliphatic heterocycles. The van der Waals surface area contributed by atoms with Gasteiger partial charge in [0.05, 0.1) is 10.5 Å². The summed E-state index contributed by atoms with van der Waals surface area (Å²) >= 11 is 0. The Morgan fingerprint density at radius 1 is 1.38 bits per heavy atom. The Labute approximate surface area is 154 Å². The van der Waals surface area contributed by atoms with E-state index in [-0.39, 0.29) is 21.3 Å². The maximum Gasteiger partial charge on any atom is 0.256 e. The van der Waals surface area contributed by atoms with E-state index in [0.717, 1.165) is 31.2 Å². The van der Waals surface area contributed by atoms with Crippen LogP contribution in [0.5, 0.6) is 0 Å². The summed E-state index contributed by atoms with van der Waals surface area (Å²) in [5.41, 5.74) is -0.0986. The zero-order valence-electron chi connectivity index (χ0n) is 15.6. The molecule has 1 saturated carbocycles. The van der Waals surface area contributed by atoms with Crippen LogP contribution < -0.4 is 5.14 Å². The summed E-state index contributed by atoms with van der Waals surface area (Å²) in [5.74, 6) is -0.871. The number of carbonyl (C=O) groups is 1. The van der Waals surface area contributed by atoms with Crippen LogP contribution in [0, 0.1) is 22.6 Å². The highest BCUT2D eigenvalue weighted by Gasteiger charge is 2.63. The first-order chi connectivity index (χ1) is 11.9. The van der Waals surface area contributed by atoms with Gasteiger partial charge in [-0.15, -0.1) is 0 Å². The summed E-state index contributed by atoms with van der Waals surface area (Å²) in [6.45, 7) is 6.37. The van der Waals surface area contributed by atoms with Crippen molar-refractivity contribution in [1.82, 2.24) is 9.80 Å². The Kier molecular flexibility index (Phi) is 4.45. The number of sulfonamides is 1. The molecular formula is C18H26FN3O3S. The predicted octanol–water partition coefficient (Wildman–Crippen LogP) is 1.52. The maximum absolute atomic E-state index is 14.2. The van der Waals surface area contributed by atoms with E-state index in [1.165, 1.54) is 0 Å². The lowest BCUT2D eigenvalue weighted by molar-refractivity contribution is -0.0789. The highest BCUT2D eigenvalue weighted by Crippen LogP contribution is 2.62. The van der Waals surface area contributed by atoms with Gasteiger partial charge in [0.15, 0.2) is 0 Å². The van der Waals surface area contributed by atoms with Crippen molar-refractivity contribution < 1.29 is 17.6 Å². The third-order valence-electron chi connectivity index (χ3n) is 5.81. The molecule has 0 bridgehead atoms. The van der Waals surface area contributed by atoms with Gasteiger partial charge in [-0.05, 0) is 50.0 Å². The molecule has 1 aliphatic carbocycles. The monoisotopic (exact) mass is 383 g/mol. The van der Waals surface area contributed by atoms with Crippen molar-refractivity contribution in [3.8, 4) is 0 Å². The van der Waals surface area contributed by atoms with Crippen LogP contribution in [0.1, 0.15) is 30.6 Å². The van der Waals surface area contributed by atoms with Crippen LogP contribution in [-0.2, 0) is 10.0 Å². The Morgan fingerprint density at radius 3 is 2.58 bits per heavy atom. The molecule has 2 atom stereocenters. The molecule has 0 spiro atoms. The van der Waals surface area contributed by atoms with E-state index in [2.05, 4.69) is 18.7 Å². The molecule has 3 rings (SSSR count). The van der Waals surface area contributed by atoms with Crippen molar-refractivity contribution >= 4 is 15.9 Å². The fraction of sp³-hybridized carbons (Fsp3) is 0.611. The molecule has 0 unspecified atom stereocenters. The molecule has 1 aromatic rings. The molecule has 2 aliphatic rings. The topological polar surface area (TPSA) is 83.7 Å². The summed E-state index contributed by atoms with van der Waals surface area (Å²) in [6.07, 6.45) is 1.01. The standard InChI is InChI=1S/C18H26FN3O3S/c1-17(2)9-18(10-21(3)4)11-22(8-15(17)18)16(23)13-7-12(26(20,24)25)5-6-14(13)19/h5-7,15H,8-11H2,1-4H3,(H2,20,24,25)/t15-,18+/m1/s1. The average molecular weight is 383 g/mol. The first kappa shape index (κ1) is 19.3. The fourth-order valence-electron chi connectivity index (χ4n) is 5.14. The molecular weight excluding hydrogens is 357 g/mol. The van der Waals surface area contributed by atoms with Crippen molar-refractivity contribution in [2.24, 2.45) is 21.9 Å². The molecule has 2 N–H and O–H groups in total. The third kappa shape index (κ3) is 3.14. The Morgan fingerprint density at radius 2 is 2.04 bits per heavy atom. The lowest BCUT2D eigenvalue weighted by atomic mass is 9.48. The lowest BCUT2D eigenvalue weighted by Crippen LogP contribution is -2.57. The fourth-order valence-corrected chi connectivity index (χ4v) is 5.68. The van der Waals surface area contributed by atoms with Crippen LogP contribution in [0.25, 0.3) is 0 Å².